The molecule has 0 radical (unpaired) electrons. The molecule has 1 aliphatic rings. The quantitative estimate of drug-likeness (QED) is 0.758. The molecule has 1 heterocycles. The summed E-state index contributed by atoms with van der Waals surface area (Å²) in [6.45, 7) is 16.1. The van der Waals surface area contributed by atoms with Crippen molar-refractivity contribution in [3.63, 3.8) is 0 Å². The Morgan fingerprint density at radius 2 is 1.95 bits per heavy atom. The second kappa shape index (κ2) is 6.69. The molecule has 1 N–H and O–H groups in total. The van der Waals surface area contributed by atoms with E-state index in [2.05, 4.69) is 33.9 Å². The van der Waals surface area contributed by atoms with Gasteiger partial charge >= 0.3 is 0 Å². The fourth-order valence-corrected chi connectivity index (χ4v) is 3.31. The Morgan fingerprint density at radius 1 is 1.41 bits per heavy atom. The number of aliphatic hydroxyl groups excluding tert-OH is 1. The fourth-order valence-electron chi connectivity index (χ4n) is 2.04. The van der Waals surface area contributed by atoms with Crippen molar-refractivity contribution in [1.82, 2.24) is 0 Å². The summed E-state index contributed by atoms with van der Waals surface area (Å²) < 4.78 is 17.3. The summed E-state index contributed by atoms with van der Waals surface area (Å²) >= 11 is 0. The smallest absolute Gasteiger partial charge is 0.194 e. The Labute approximate surface area is 135 Å². The number of hydrogen-bond acceptors (Lipinski definition) is 5. The number of carbonyl (C=O) groups is 1. The summed E-state index contributed by atoms with van der Waals surface area (Å²) in [7, 11) is -2.17. The van der Waals surface area contributed by atoms with Crippen LogP contribution in [0.4, 0.5) is 0 Å². The lowest BCUT2D eigenvalue weighted by atomic mass is 10.0. The molecular weight excluding hydrogens is 300 g/mol. The van der Waals surface area contributed by atoms with Gasteiger partial charge in [-0.1, -0.05) is 27.7 Å². The molecule has 1 fully saturated rings. The molecular formula is C16H32O5Si. The number of hydrogen-bond donors (Lipinski definition) is 1. The minimum Gasteiger partial charge on any atom is -0.404 e. The maximum Gasteiger partial charge on any atom is 0.194 e. The summed E-state index contributed by atoms with van der Waals surface area (Å²) in [5.74, 6) is -0.983. The fraction of sp³-hybridized carbons (Fsp3) is 0.938. The molecule has 22 heavy (non-hydrogen) atoms. The van der Waals surface area contributed by atoms with Crippen LogP contribution in [0.15, 0.2) is 0 Å². The van der Waals surface area contributed by atoms with Crippen molar-refractivity contribution in [1.29, 1.82) is 0 Å². The van der Waals surface area contributed by atoms with Gasteiger partial charge < -0.3 is 19.0 Å². The van der Waals surface area contributed by atoms with E-state index in [1.165, 1.54) is 0 Å². The average Bonchev–Trinajstić information content (AvgIpc) is 2.73. The molecule has 1 rings (SSSR count). The zero-order valence-electron chi connectivity index (χ0n) is 15.2. The maximum absolute atomic E-state index is 12.8. The zero-order chi connectivity index (χ0) is 17.3. The molecule has 0 spiro atoms. The Hall–Kier alpha value is -0.273. The molecule has 0 aromatic heterocycles. The van der Waals surface area contributed by atoms with E-state index in [0.717, 1.165) is 0 Å². The molecule has 1 aliphatic heterocycles. The van der Waals surface area contributed by atoms with E-state index in [-0.39, 0.29) is 17.4 Å². The van der Waals surface area contributed by atoms with Gasteiger partial charge in [-0.3, -0.25) is 4.79 Å². The van der Waals surface area contributed by atoms with Gasteiger partial charge in [-0.2, -0.15) is 0 Å². The summed E-state index contributed by atoms with van der Waals surface area (Å²) in [4.78, 5) is 12.8. The van der Waals surface area contributed by atoms with Crippen molar-refractivity contribution in [3.8, 4) is 0 Å². The molecule has 0 aromatic carbocycles. The number of Topliss-reactive ketones (excluding diaryl/α,β-unsaturated/α-hetero) is 1. The van der Waals surface area contributed by atoms with Crippen molar-refractivity contribution < 1.29 is 23.8 Å². The summed E-state index contributed by atoms with van der Waals surface area (Å²) in [6, 6.07) is 0. The first-order valence-corrected chi connectivity index (χ1v) is 10.9. The molecule has 5 nitrogen and oxygen atoms in total. The molecule has 6 heteroatoms. The van der Waals surface area contributed by atoms with Crippen LogP contribution in [0.3, 0.4) is 0 Å². The largest absolute Gasteiger partial charge is 0.404 e. The Morgan fingerprint density at radius 3 is 2.32 bits per heavy atom. The second-order valence-electron chi connectivity index (χ2n) is 7.99. The molecule has 0 saturated carbocycles. The van der Waals surface area contributed by atoms with Crippen LogP contribution in [0, 0.1) is 0 Å². The highest BCUT2D eigenvalue weighted by molar-refractivity contribution is 6.74. The third kappa shape index (κ3) is 4.61. The standard InChI is InChI=1S/C16H32O5Si/c1-9-11(17)14(21-22(7,8)15(2,3)4)13(18)12-10-19-16(5,6)20-12/h11-12,14,17H,9-10H2,1-8H3/t11-,12-,14+/m0/s1. The third-order valence-electron chi connectivity index (χ3n) is 4.60. The van der Waals surface area contributed by atoms with E-state index in [0.29, 0.717) is 6.42 Å². The predicted octanol–water partition coefficient (Wildman–Crippen LogP) is 2.87. The summed E-state index contributed by atoms with van der Waals surface area (Å²) in [6.07, 6.45) is -1.89. The molecule has 0 unspecified atom stereocenters. The Kier molecular flexibility index (Phi) is 6.01. The van der Waals surface area contributed by atoms with Gasteiger partial charge in [0, 0.05) is 0 Å². The van der Waals surface area contributed by atoms with Crippen molar-refractivity contribution in [3.05, 3.63) is 0 Å². The van der Waals surface area contributed by atoms with Crippen LogP contribution in [-0.4, -0.2) is 49.9 Å². The lowest BCUT2D eigenvalue weighted by Gasteiger charge is -2.40. The average molecular weight is 333 g/mol. The van der Waals surface area contributed by atoms with Crippen LogP contribution in [0.1, 0.15) is 48.0 Å². The summed E-state index contributed by atoms with van der Waals surface area (Å²) in [5.41, 5.74) is 0. The Bertz CT molecular complexity index is 400. The van der Waals surface area contributed by atoms with Crippen LogP contribution < -0.4 is 0 Å². The minimum absolute atomic E-state index is 0.0364. The SMILES string of the molecule is CC[C@H](O)[C@@H](O[Si](C)(C)C(C)(C)C)C(=O)[C@@H]1COC(C)(C)O1. The molecule has 3 atom stereocenters. The molecule has 0 amide bonds. The number of ether oxygens (including phenoxy) is 2. The number of aliphatic hydroxyl groups is 1. The third-order valence-corrected chi connectivity index (χ3v) is 9.06. The maximum atomic E-state index is 12.8. The van der Waals surface area contributed by atoms with Crippen LogP contribution in [-0.2, 0) is 18.7 Å². The monoisotopic (exact) mass is 332 g/mol. The zero-order valence-corrected chi connectivity index (χ0v) is 16.2. The van der Waals surface area contributed by atoms with Crippen LogP contribution in [0.5, 0.6) is 0 Å². The first-order valence-electron chi connectivity index (χ1n) is 8.02. The molecule has 1 saturated heterocycles. The highest BCUT2D eigenvalue weighted by Crippen LogP contribution is 2.38. The topological polar surface area (TPSA) is 65.0 Å². The van der Waals surface area contributed by atoms with Gasteiger partial charge in [-0.15, -0.1) is 0 Å². The van der Waals surface area contributed by atoms with Crippen molar-refractivity contribution >= 4 is 14.1 Å². The normalized spacial score (nSPS) is 25.0. The van der Waals surface area contributed by atoms with Gasteiger partial charge in [0.1, 0.15) is 12.2 Å². The molecule has 0 aliphatic carbocycles. The van der Waals surface area contributed by atoms with Gasteiger partial charge in [-0.05, 0) is 38.4 Å². The van der Waals surface area contributed by atoms with Gasteiger partial charge in [0.25, 0.3) is 0 Å². The van der Waals surface area contributed by atoms with Gasteiger partial charge in [0.05, 0.1) is 12.7 Å². The Balaban J connectivity index is 2.92. The number of carbonyl (C=O) groups excluding carboxylic acids is 1. The van der Waals surface area contributed by atoms with Crippen molar-refractivity contribution in [2.45, 2.75) is 90.2 Å². The van der Waals surface area contributed by atoms with E-state index in [9.17, 15) is 9.90 Å². The van der Waals surface area contributed by atoms with Gasteiger partial charge in [0.15, 0.2) is 19.9 Å². The van der Waals surface area contributed by atoms with Crippen LogP contribution >= 0.6 is 0 Å². The number of ketones is 1. The van der Waals surface area contributed by atoms with E-state index in [1.54, 1.807) is 13.8 Å². The number of rotatable bonds is 6. The predicted molar refractivity (Wildman–Crippen MR) is 88.3 cm³/mol. The van der Waals surface area contributed by atoms with Crippen molar-refractivity contribution in [2.24, 2.45) is 0 Å². The van der Waals surface area contributed by atoms with Gasteiger partial charge in [0.2, 0.25) is 0 Å². The lowest BCUT2D eigenvalue weighted by Crippen LogP contribution is -2.52. The van der Waals surface area contributed by atoms with Gasteiger partial charge in [-0.25, -0.2) is 0 Å². The van der Waals surface area contributed by atoms with Crippen molar-refractivity contribution in [2.75, 3.05) is 6.61 Å². The molecule has 0 aromatic rings. The first kappa shape index (κ1) is 19.8. The van der Waals surface area contributed by atoms with Crippen LogP contribution in [0.25, 0.3) is 0 Å². The minimum atomic E-state index is -2.17. The second-order valence-corrected chi connectivity index (χ2v) is 12.8. The van der Waals surface area contributed by atoms with E-state index < -0.39 is 32.4 Å². The molecule has 130 valence electrons. The van der Waals surface area contributed by atoms with E-state index in [4.69, 9.17) is 13.9 Å². The summed E-state index contributed by atoms with van der Waals surface area (Å²) in [5, 5.41) is 10.3. The highest BCUT2D eigenvalue weighted by Gasteiger charge is 2.46. The molecule has 0 bridgehead atoms. The van der Waals surface area contributed by atoms with E-state index >= 15 is 0 Å². The van der Waals surface area contributed by atoms with Crippen LogP contribution in [0.2, 0.25) is 18.1 Å². The van der Waals surface area contributed by atoms with E-state index in [1.807, 2.05) is 6.92 Å². The first-order chi connectivity index (χ1) is 9.81. The lowest BCUT2D eigenvalue weighted by molar-refractivity contribution is -0.159. The highest BCUT2D eigenvalue weighted by atomic mass is 28.4.